The van der Waals surface area contributed by atoms with Crippen LogP contribution in [-0.2, 0) is 7.05 Å². The zero-order chi connectivity index (χ0) is 26.1. The van der Waals surface area contributed by atoms with E-state index in [4.69, 9.17) is 10.1 Å². The van der Waals surface area contributed by atoms with Crippen molar-refractivity contribution in [1.29, 1.82) is 0 Å². The molecule has 2 aromatic heterocycles. The summed E-state index contributed by atoms with van der Waals surface area (Å²) in [5.41, 5.74) is 4.57. The maximum Gasteiger partial charge on any atom is 0.297 e. The smallest absolute Gasteiger partial charge is 0.283 e. The van der Waals surface area contributed by atoms with E-state index in [1.54, 1.807) is 20.1 Å². The Hall–Kier alpha value is -3.82. The molecule has 6 nitrogen and oxygen atoms in total. The lowest BCUT2D eigenvalue weighted by atomic mass is 10.1. The largest absolute Gasteiger partial charge is 0.297 e. The Balaban J connectivity index is 1.75. The van der Waals surface area contributed by atoms with Crippen molar-refractivity contribution in [3.05, 3.63) is 121 Å². The van der Waals surface area contributed by atoms with Crippen molar-refractivity contribution in [2.75, 3.05) is 0 Å². The van der Waals surface area contributed by atoms with Gasteiger partial charge in [0.05, 0.1) is 22.8 Å². The molecule has 0 unspecified atom stereocenters. The van der Waals surface area contributed by atoms with Gasteiger partial charge in [0.25, 0.3) is 5.56 Å². The highest BCUT2D eigenvalue weighted by Gasteiger charge is 2.17. The molecular weight excluding hydrogens is 553 g/mol. The molecular formula is C28H23BrFN5OS. The number of benzene rings is 3. The first-order chi connectivity index (χ1) is 17.8. The summed E-state index contributed by atoms with van der Waals surface area (Å²) in [7, 11) is 1.84. The number of halogens is 2. The summed E-state index contributed by atoms with van der Waals surface area (Å²) in [5, 5.41) is 6.79. The number of para-hydroxylation sites is 1. The third-order valence-electron chi connectivity index (χ3n) is 6.06. The minimum atomic E-state index is -0.334. The molecule has 0 saturated heterocycles. The number of hydrogen-bond donors (Lipinski definition) is 0. The molecule has 0 amide bonds. The van der Waals surface area contributed by atoms with Crippen molar-refractivity contribution in [2.45, 2.75) is 13.8 Å². The second-order valence-corrected chi connectivity index (χ2v) is 10.1. The minimum absolute atomic E-state index is 0.223. The molecule has 37 heavy (non-hydrogen) atoms. The molecule has 0 atom stereocenters. The van der Waals surface area contributed by atoms with Crippen LogP contribution in [0.2, 0.25) is 0 Å². The van der Waals surface area contributed by atoms with Crippen LogP contribution in [0.3, 0.4) is 0 Å². The van der Waals surface area contributed by atoms with Gasteiger partial charge in [-0.15, -0.1) is 11.3 Å². The van der Waals surface area contributed by atoms with Gasteiger partial charge in [-0.25, -0.2) is 18.7 Å². The van der Waals surface area contributed by atoms with E-state index in [9.17, 15) is 9.18 Å². The summed E-state index contributed by atoms with van der Waals surface area (Å²) in [6.07, 6.45) is 0. The topological polar surface area (TPSA) is 56.6 Å². The summed E-state index contributed by atoms with van der Waals surface area (Å²) in [6, 6.07) is 23.6. The zero-order valence-corrected chi connectivity index (χ0v) is 22.8. The Morgan fingerprint density at radius 1 is 1.00 bits per heavy atom. The predicted octanol–water partition coefficient (Wildman–Crippen LogP) is 6.42. The van der Waals surface area contributed by atoms with Crippen molar-refractivity contribution < 1.29 is 4.39 Å². The van der Waals surface area contributed by atoms with Crippen molar-refractivity contribution >= 4 is 38.7 Å². The Kier molecular flexibility index (Phi) is 6.90. The molecule has 0 spiro atoms. The Morgan fingerprint density at radius 3 is 2.46 bits per heavy atom. The van der Waals surface area contributed by atoms with Gasteiger partial charge in [0.2, 0.25) is 4.80 Å². The van der Waals surface area contributed by atoms with Crippen molar-refractivity contribution in [3.8, 4) is 16.9 Å². The third-order valence-corrected chi connectivity index (χ3v) is 7.57. The van der Waals surface area contributed by atoms with Gasteiger partial charge in [0.15, 0.2) is 5.69 Å². The summed E-state index contributed by atoms with van der Waals surface area (Å²) in [5.74, 6) is -0.334. The van der Waals surface area contributed by atoms with Crippen molar-refractivity contribution in [1.82, 2.24) is 14.0 Å². The summed E-state index contributed by atoms with van der Waals surface area (Å²) in [4.78, 5) is 18.8. The van der Waals surface area contributed by atoms with Gasteiger partial charge in [0, 0.05) is 28.0 Å². The van der Waals surface area contributed by atoms with Crippen LogP contribution in [0, 0.1) is 12.7 Å². The van der Waals surface area contributed by atoms with Crippen LogP contribution in [0.5, 0.6) is 0 Å². The van der Waals surface area contributed by atoms with Crippen LogP contribution in [0.15, 0.2) is 104 Å². The van der Waals surface area contributed by atoms with Gasteiger partial charge in [-0.2, -0.15) is 5.10 Å². The molecule has 0 fully saturated rings. The SMILES string of the molecule is CC(=Nn1c(-c2ccccc2Br)csc1=Nc1c(C)n(C)n(-c2ccccc2)c1=O)c1cccc(F)c1. The van der Waals surface area contributed by atoms with Crippen molar-refractivity contribution in [3.63, 3.8) is 0 Å². The molecule has 0 aliphatic heterocycles. The number of hydrogen-bond acceptors (Lipinski definition) is 4. The van der Waals surface area contributed by atoms with E-state index in [1.807, 2.05) is 86.9 Å². The third kappa shape index (κ3) is 4.80. The van der Waals surface area contributed by atoms with E-state index < -0.39 is 0 Å². The Labute approximate surface area is 225 Å². The van der Waals surface area contributed by atoms with Crippen LogP contribution in [0.1, 0.15) is 18.2 Å². The maximum atomic E-state index is 13.9. The molecule has 2 heterocycles. The lowest BCUT2D eigenvalue weighted by Crippen LogP contribution is -2.20. The van der Waals surface area contributed by atoms with Gasteiger partial charge in [0.1, 0.15) is 5.82 Å². The first-order valence-electron chi connectivity index (χ1n) is 11.5. The molecule has 3 aromatic carbocycles. The highest BCUT2D eigenvalue weighted by Crippen LogP contribution is 2.29. The zero-order valence-electron chi connectivity index (χ0n) is 20.4. The van der Waals surface area contributed by atoms with E-state index in [0.29, 0.717) is 21.8 Å². The molecule has 0 aliphatic carbocycles. The second kappa shape index (κ2) is 10.3. The minimum Gasteiger partial charge on any atom is -0.283 e. The fourth-order valence-electron chi connectivity index (χ4n) is 4.03. The molecule has 5 rings (SSSR count). The van der Waals surface area contributed by atoms with Gasteiger partial charge < -0.3 is 0 Å². The highest BCUT2D eigenvalue weighted by atomic mass is 79.9. The van der Waals surface area contributed by atoms with Gasteiger partial charge in [-0.3, -0.25) is 9.48 Å². The maximum absolute atomic E-state index is 13.9. The first-order valence-corrected chi connectivity index (χ1v) is 13.2. The molecule has 9 heteroatoms. The van der Waals surface area contributed by atoms with E-state index in [0.717, 1.165) is 27.1 Å². The molecule has 0 bridgehead atoms. The van der Waals surface area contributed by atoms with E-state index in [2.05, 4.69) is 15.9 Å². The lowest BCUT2D eigenvalue weighted by Gasteiger charge is -2.08. The number of thiazole rings is 1. The number of aromatic nitrogens is 3. The summed E-state index contributed by atoms with van der Waals surface area (Å²) < 4.78 is 19.9. The fourth-order valence-corrected chi connectivity index (χ4v) is 5.34. The van der Waals surface area contributed by atoms with Gasteiger partial charge in [-0.1, -0.05) is 64.5 Å². The van der Waals surface area contributed by atoms with Gasteiger partial charge in [-0.05, 0) is 44.2 Å². The van der Waals surface area contributed by atoms with Crippen LogP contribution < -0.4 is 10.4 Å². The van der Waals surface area contributed by atoms with Crippen molar-refractivity contribution in [2.24, 2.45) is 17.1 Å². The highest BCUT2D eigenvalue weighted by molar-refractivity contribution is 9.10. The standard InChI is InChI=1S/C28H23BrFN5OS/c1-18(20-10-9-11-21(30)16-20)32-34-25(23-14-7-8-15-24(23)29)17-37-28(34)31-26-19(2)33(3)35(27(26)36)22-12-5-4-6-13-22/h4-17H,1-3H3. The van der Waals surface area contributed by atoms with Crippen LogP contribution in [0.4, 0.5) is 10.1 Å². The summed E-state index contributed by atoms with van der Waals surface area (Å²) >= 11 is 5.01. The molecule has 0 N–H and O–H groups in total. The second-order valence-electron chi connectivity index (χ2n) is 8.41. The van der Waals surface area contributed by atoms with E-state index in [1.165, 1.54) is 23.5 Å². The monoisotopic (exact) mass is 575 g/mol. The van der Waals surface area contributed by atoms with Gasteiger partial charge >= 0.3 is 0 Å². The van der Waals surface area contributed by atoms with Crippen LogP contribution in [-0.4, -0.2) is 19.8 Å². The van der Waals surface area contributed by atoms with E-state index in [-0.39, 0.29) is 11.4 Å². The fraction of sp³-hybridized carbons (Fsp3) is 0.107. The normalized spacial score (nSPS) is 12.4. The molecule has 186 valence electrons. The lowest BCUT2D eigenvalue weighted by molar-refractivity contribution is 0.627. The Bertz CT molecular complexity index is 1760. The molecule has 0 radical (unpaired) electrons. The number of nitrogens with zero attached hydrogens (tertiary/aromatic N) is 5. The Morgan fingerprint density at radius 2 is 1.73 bits per heavy atom. The number of rotatable bonds is 5. The molecule has 5 aromatic rings. The molecule has 0 saturated carbocycles. The van der Waals surface area contributed by atoms with Crippen LogP contribution >= 0.6 is 27.3 Å². The molecule has 0 aliphatic rings. The average molecular weight is 576 g/mol. The predicted molar refractivity (Wildman–Crippen MR) is 150 cm³/mol. The quantitative estimate of drug-likeness (QED) is 0.223. The summed E-state index contributed by atoms with van der Waals surface area (Å²) in [6.45, 7) is 3.69. The first kappa shape index (κ1) is 24.9. The van der Waals surface area contributed by atoms with Crippen LogP contribution in [0.25, 0.3) is 16.9 Å². The van der Waals surface area contributed by atoms with E-state index >= 15 is 0 Å². The average Bonchev–Trinajstić information content (AvgIpc) is 3.38.